The molecule has 88 valence electrons. The Bertz CT molecular complexity index is 293. The molecule has 1 aromatic carbocycles. The molecule has 0 radical (unpaired) electrons. The molecule has 1 aliphatic heterocycles. The fraction of sp³-hybridized carbons (Fsp3) is 0.571. The van der Waals surface area contributed by atoms with E-state index in [9.17, 15) is 0 Å². The van der Waals surface area contributed by atoms with E-state index in [0.717, 1.165) is 26.2 Å². The van der Waals surface area contributed by atoms with E-state index in [1.807, 2.05) is 0 Å². The molecule has 16 heavy (non-hydrogen) atoms. The van der Waals surface area contributed by atoms with E-state index in [-0.39, 0.29) is 0 Å². The Morgan fingerprint density at radius 3 is 2.81 bits per heavy atom. The number of hydrogen-bond donors (Lipinski definition) is 1. The highest BCUT2D eigenvalue weighted by atomic mass is 16.5. The lowest BCUT2D eigenvalue weighted by atomic mass is 9.96. The third-order valence-corrected chi connectivity index (χ3v) is 3.35. The monoisotopic (exact) mass is 219 g/mol. The molecule has 0 amide bonds. The lowest BCUT2D eigenvalue weighted by molar-refractivity contribution is 0.189. The second kappa shape index (κ2) is 6.02. The molecule has 1 fully saturated rings. The van der Waals surface area contributed by atoms with Gasteiger partial charge in [0.1, 0.15) is 0 Å². The van der Waals surface area contributed by atoms with Crippen molar-refractivity contribution in [1.29, 1.82) is 0 Å². The smallest absolute Gasteiger partial charge is 0.0620 e. The minimum Gasteiger partial charge on any atom is -0.380 e. The third kappa shape index (κ3) is 3.06. The Balaban J connectivity index is 1.85. The van der Waals surface area contributed by atoms with E-state index in [1.54, 1.807) is 0 Å². The Morgan fingerprint density at radius 1 is 1.38 bits per heavy atom. The van der Waals surface area contributed by atoms with Crippen LogP contribution in [0.2, 0.25) is 0 Å². The molecule has 0 aromatic heterocycles. The highest BCUT2D eigenvalue weighted by Crippen LogP contribution is 2.18. The topological polar surface area (TPSA) is 21.3 Å². The zero-order chi connectivity index (χ0) is 11.2. The zero-order valence-corrected chi connectivity index (χ0v) is 9.99. The summed E-state index contributed by atoms with van der Waals surface area (Å²) in [5, 5.41) is 3.61. The fourth-order valence-electron chi connectivity index (χ4n) is 2.23. The molecule has 0 bridgehead atoms. The summed E-state index contributed by atoms with van der Waals surface area (Å²) in [6.45, 7) is 5.12. The van der Waals surface area contributed by atoms with Crippen LogP contribution >= 0.6 is 0 Å². The number of nitrogens with one attached hydrogen (secondary N) is 1. The average molecular weight is 219 g/mol. The molecule has 1 N–H and O–H groups in total. The second-order valence-corrected chi connectivity index (χ2v) is 4.48. The maximum Gasteiger partial charge on any atom is 0.0620 e. The predicted octanol–water partition coefficient (Wildman–Crippen LogP) is 2.56. The quantitative estimate of drug-likeness (QED) is 0.821. The van der Waals surface area contributed by atoms with Gasteiger partial charge in [-0.2, -0.15) is 0 Å². The molecule has 1 saturated heterocycles. The Kier molecular flexibility index (Phi) is 4.37. The summed E-state index contributed by atoms with van der Waals surface area (Å²) in [5.74, 6) is 0.627. The highest BCUT2D eigenvalue weighted by Gasteiger charge is 2.16. The SMILES string of the molecule is CCC(CNC1CCOC1)c1ccccc1. The maximum atomic E-state index is 5.37. The first-order chi connectivity index (χ1) is 7.90. The van der Waals surface area contributed by atoms with Crippen molar-refractivity contribution in [3.05, 3.63) is 35.9 Å². The van der Waals surface area contributed by atoms with E-state index >= 15 is 0 Å². The molecule has 2 atom stereocenters. The molecule has 2 rings (SSSR count). The van der Waals surface area contributed by atoms with E-state index in [1.165, 1.54) is 12.0 Å². The number of benzene rings is 1. The van der Waals surface area contributed by atoms with Crippen molar-refractivity contribution in [3.63, 3.8) is 0 Å². The average Bonchev–Trinajstić information content (AvgIpc) is 2.84. The standard InChI is InChI=1S/C14H21NO/c1-2-12(13-6-4-3-5-7-13)10-15-14-8-9-16-11-14/h3-7,12,14-15H,2,8-11H2,1H3. The van der Waals surface area contributed by atoms with Gasteiger partial charge in [-0.05, 0) is 24.3 Å². The Labute approximate surface area is 98.0 Å². The van der Waals surface area contributed by atoms with Crippen LogP contribution in [0.1, 0.15) is 31.2 Å². The number of ether oxygens (including phenoxy) is 1. The maximum absolute atomic E-state index is 5.37. The molecule has 2 heteroatoms. The first-order valence-corrected chi connectivity index (χ1v) is 6.26. The summed E-state index contributed by atoms with van der Waals surface area (Å²) in [7, 11) is 0. The molecule has 2 nitrogen and oxygen atoms in total. The molecular formula is C14H21NO. The van der Waals surface area contributed by atoms with Crippen molar-refractivity contribution >= 4 is 0 Å². The lowest BCUT2D eigenvalue weighted by Crippen LogP contribution is -2.32. The van der Waals surface area contributed by atoms with Crippen molar-refractivity contribution in [2.24, 2.45) is 0 Å². The number of rotatable bonds is 5. The van der Waals surface area contributed by atoms with Gasteiger partial charge in [0.25, 0.3) is 0 Å². The van der Waals surface area contributed by atoms with Gasteiger partial charge >= 0.3 is 0 Å². The van der Waals surface area contributed by atoms with Gasteiger partial charge in [-0.3, -0.25) is 0 Å². The van der Waals surface area contributed by atoms with Crippen molar-refractivity contribution < 1.29 is 4.74 Å². The summed E-state index contributed by atoms with van der Waals surface area (Å²) < 4.78 is 5.37. The van der Waals surface area contributed by atoms with Crippen LogP contribution in [0.15, 0.2) is 30.3 Å². The molecular weight excluding hydrogens is 198 g/mol. The van der Waals surface area contributed by atoms with Crippen LogP contribution in [0, 0.1) is 0 Å². The van der Waals surface area contributed by atoms with E-state index in [2.05, 4.69) is 42.6 Å². The molecule has 0 saturated carbocycles. The summed E-state index contributed by atoms with van der Waals surface area (Å²) in [6.07, 6.45) is 2.34. The lowest BCUT2D eigenvalue weighted by Gasteiger charge is -2.18. The van der Waals surface area contributed by atoms with Crippen LogP contribution in [0.3, 0.4) is 0 Å². The first-order valence-electron chi connectivity index (χ1n) is 6.26. The van der Waals surface area contributed by atoms with Crippen molar-refractivity contribution in [3.8, 4) is 0 Å². The van der Waals surface area contributed by atoms with Gasteiger partial charge in [0, 0.05) is 19.2 Å². The van der Waals surface area contributed by atoms with Gasteiger partial charge < -0.3 is 10.1 Å². The van der Waals surface area contributed by atoms with Crippen LogP contribution in [0.4, 0.5) is 0 Å². The minimum atomic E-state index is 0.567. The first kappa shape index (κ1) is 11.6. The summed E-state index contributed by atoms with van der Waals surface area (Å²) in [5.41, 5.74) is 1.44. The molecule has 0 spiro atoms. The van der Waals surface area contributed by atoms with Crippen molar-refractivity contribution in [1.82, 2.24) is 5.32 Å². The third-order valence-electron chi connectivity index (χ3n) is 3.35. The molecule has 1 aliphatic rings. The minimum absolute atomic E-state index is 0.567. The van der Waals surface area contributed by atoms with Gasteiger partial charge in [-0.15, -0.1) is 0 Å². The zero-order valence-electron chi connectivity index (χ0n) is 9.99. The van der Waals surface area contributed by atoms with Gasteiger partial charge in [-0.1, -0.05) is 37.3 Å². The second-order valence-electron chi connectivity index (χ2n) is 4.48. The van der Waals surface area contributed by atoms with Crippen LogP contribution in [-0.4, -0.2) is 25.8 Å². The Morgan fingerprint density at radius 2 is 2.19 bits per heavy atom. The van der Waals surface area contributed by atoms with Gasteiger partial charge in [0.2, 0.25) is 0 Å². The molecule has 2 unspecified atom stereocenters. The van der Waals surface area contributed by atoms with Gasteiger partial charge in [-0.25, -0.2) is 0 Å². The number of hydrogen-bond acceptors (Lipinski definition) is 2. The van der Waals surface area contributed by atoms with E-state index < -0.39 is 0 Å². The van der Waals surface area contributed by atoms with Crippen LogP contribution in [0.25, 0.3) is 0 Å². The van der Waals surface area contributed by atoms with Gasteiger partial charge in [0.15, 0.2) is 0 Å². The fourth-order valence-corrected chi connectivity index (χ4v) is 2.23. The van der Waals surface area contributed by atoms with Crippen molar-refractivity contribution in [2.45, 2.75) is 31.7 Å². The van der Waals surface area contributed by atoms with Crippen LogP contribution in [0.5, 0.6) is 0 Å². The Hall–Kier alpha value is -0.860. The summed E-state index contributed by atoms with van der Waals surface area (Å²) in [6, 6.07) is 11.3. The van der Waals surface area contributed by atoms with Crippen molar-refractivity contribution in [2.75, 3.05) is 19.8 Å². The summed E-state index contributed by atoms with van der Waals surface area (Å²) >= 11 is 0. The molecule has 1 heterocycles. The molecule has 1 aromatic rings. The highest BCUT2D eigenvalue weighted by molar-refractivity contribution is 5.19. The van der Waals surface area contributed by atoms with Gasteiger partial charge in [0.05, 0.1) is 6.61 Å². The normalized spacial score (nSPS) is 22.2. The van der Waals surface area contributed by atoms with Crippen LogP contribution < -0.4 is 5.32 Å². The molecule has 0 aliphatic carbocycles. The van der Waals surface area contributed by atoms with E-state index in [4.69, 9.17) is 4.74 Å². The predicted molar refractivity (Wildman–Crippen MR) is 66.7 cm³/mol. The largest absolute Gasteiger partial charge is 0.380 e. The van der Waals surface area contributed by atoms with E-state index in [0.29, 0.717) is 12.0 Å². The summed E-state index contributed by atoms with van der Waals surface area (Å²) in [4.78, 5) is 0. The van der Waals surface area contributed by atoms with Crippen LogP contribution in [-0.2, 0) is 4.74 Å².